The summed E-state index contributed by atoms with van der Waals surface area (Å²) in [5.74, 6) is -2.34. The summed E-state index contributed by atoms with van der Waals surface area (Å²) in [6.07, 6.45) is -0.325. The number of hydrogen-bond acceptors (Lipinski definition) is 6. The summed E-state index contributed by atoms with van der Waals surface area (Å²) < 4.78 is 3.17. The van der Waals surface area contributed by atoms with Gasteiger partial charge in [0, 0.05) is 6.54 Å². The zero-order valence-corrected chi connectivity index (χ0v) is 16.7. The molecular weight excluding hydrogens is 409 g/mol. The Kier molecular flexibility index (Phi) is 8.62. The Hall–Kier alpha value is -1.06. The topological polar surface area (TPSA) is 108 Å². The average molecular weight is 431 g/mol. The van der Waals surface area contributed by atoms with Crippen LogP contribution in [-0.4, -0.2) is 57.0 Å². The summed E-state index contributed by atoms with van der Waals surface area (Å²) in [6.45, 7) is 6.71. The van der Waals surface area contributed by atoms with Crippen LogP contribution >= 0.6 is 34.8 Å². The van der Waals surface area contributed by atoms with E-state index in [1.807, 2.05) is 0 Å². The Morgan fingerprint density at radius 3 is 2.54 bits per heavy atom. The molecule has 0 spiro atoms. The number of hydrogen-bond donors (Lipinski definition) is 3. The molecule has 148 valence electrons. The molecular formula is C15H22Cl3N3O5. The Morgan fingerprint density at radius 1 is 1.38 bits per heavy atom. The van der Waals surface area contributed by atoms with E-state index in [0.29, 0.717) is 19.4 Å². The van der Waals surface area contributed by atoms with Crippen LogP contribution < -0.4 is 10.7 Å². The molecule has 1 aliphatic heterocycles. The number of carbonyl (C=O) groups is 3. The maximum absolute atomic E-state index is 12.4. The Balaban J connectivity index is 2.60. The van der Waals surface area contributed by atoms with Gasteiger partial charge in [-0.1, -0.05) is 55.2 Å². The zero-order chi connectivity index (χ0) is 20.1. The summed E-state index contributed by atoms with van der Waals surface area (Å²) in [5.41, 5.74) is 2.48. The van der Waals surface area contributed by atoms with Crippen LogP contribution in [0.25, 0.3) is 0 Å². The van der Waals surface area contributed by atoms with Gasteiger partial charge in [-0.3, -0.25) is 19.4 Å². The highest BCUT2D eigenvalue weighted by atomic mass is 35.6. The number of nitrogens with zero attached hydrogens (tertiary/aromatic N) is 1. The molecule has 11 heteroatoms. The van der Waals surface area contributed by atoms with E-state index in [4.69, 9.17) is 39.5 Å². The predicted molar refractivity (Wildman–Crippen MR) is 97.2 cm³/mol. The third-order valence-corrected chi connectivity index (χ3v) is 3.85. The van der Waals surface area contributed by atoms with Crippen LogP contribution in [0.1, 0.15) is 26.7 Å². The van der Waals surface area contributed by atoms with Crippen molar-refractivity contribution < 1.29 is 24.2 Å². The molecule has 1 rings (SSSR count). The molecule has 3 N–H and O–H groups in total. The first kappa shape index (κ1) is 23.0. The summed E-state index contributed by atoms with van der Waals surface area (Å²) >= 11 is 16.6. The van der Waals surface area contributed by atoms with Gasteiger partial charge in [0.2, 0.25) is 3.79 Å². The van der Waals surface area contributed by atoms with Crippen molar-refractivity contribution >= 4 is 52.6 Å². The second-order valence-corrected chi connectivity index (χ2v) is 8.68. The molecule has 0 bridgehead atoms. The fourth-order valence-electron chi connectivity index (χ4n) is 2.10. The molecule has 2 amide bonds. The molecule has 0 unspecified atom stereocenters. The van der Waals surface area contributed by atoms with Gasteiger partial charge in [0.1, 0.15) is 24.4 Å². The number of carbonyl (C=O) groups excluding carboxylic acids is 3. The molecule has 1 heterocycles. The highest BCUT2D eigenvalue weighted by molar-refractivity contribution is 6.67. The summed E-state index contributed by atoms with van der Waals surface area (Å²) in [4.78, 5) is 36.2. The second-order valence-electron chi connectivity index (χ2n) is 6.16. The third-order valence-electron chi connectivity index (χ3n) is 3.53. The van der Waals surface area contributed by atoms with Crippen molar-refractivity contribution in [1.29, 1.82) is 0 Å². The van der Waals surface area contributed by atoms with Crippen molar-refractivity contribution in [2.45, 2.75) is 42.6 Å². The largest absolute Gasteiger partial charge is 0.460 e. The molecule has 2 atom stereocenters. The van der Waals surface area contributed by atoms with Gasteiger partial charge in [-0.15, -0.1) is 0 Å². The van der Waals surface area contributed by atoms with E-state index in [1.54, 1.807) is 13.8 Å². The van der Waals surface area contributed by atoms with Gasteiger partial charge in [-0.2, -0.15) is 0 Å². The van der Waals surface area contributed by atoms with Crippen molar-refractivity contribution in [2.24, 2.45) is 5.92 Å². The number of rotatable bonds is 6. The number of aliphatic hydroxyl groups excluding tert-OH is 1. The number of nitrogens with one attached hydrogen (secondary N) is 2. The van der Waals surface area contributed by atoms with E-state index >= 15 is 0 Å². The van der Waals surface area contributed by atoms with Crippen LogP contribution in [0.15, 0.2) is 12.3 Å². The number of aliphatic hydroxyl groups is 1. The maximum atomic E-state index is 12.4. The first-order chi connectivity index (χ1) is 11.9. The van der Waals surface area contributed by atoms with E-state index < -0.39 is 40.3 Å². The minimum absolute atomic E-state index is 0.225. The lowest BCUT2D eigenvalue weighted by atomic mass is 10.1. The van der Waals surface area contributed by atoms with Crippen LogP contribution in [0.5, 0.6) is 0 Å². The summed E-state index contributed by atoms with van der Waals surface area (Å²) in [6, 6.07) is -0.801. The van der Waals surface area contributed by atoms with E-state index in [9.17, 15) is 19.5 Å². The molecule has 0 radical (unpaired) electrons. The lowest BCUT2D eigenvalue weighted by Gasteiger charge is -2.33. The van der Waals surface area contributed by atoms with E-state index in [1.165, 1.54) is 0 Å². The van der Waals surface area contributed by atoms with E-state index in [0.717, 1.165) is 5.01 Å². The lowest BCUT2D eigenvalue weighted by Crippen LogP contribution is -2.57. The van der Waals surface area contributed by atoms with E-state index in [-0.39, 0.29) is 11.6 Å². The van der Waals surface area contributed by atoms with Crippen LogP contribution in [0.2, 0.25) is 0 Å². The normalized spacial score (nSPS) is 19.0. The average Bonchev–Trinajstić information content (AvgIpc) is 2.57. The summed E-state index contributed by atoms with van der Waals surface area (Å²) in [5, 5.41) is 13.1. The first-order valence-electron chi connectivity index (χ1n) is 7.91. The van der Waals surface area contributed by atoms with Gasteiger partial charge in [-0.25, -0.2) is 5.43 Å². The predicted octanol–water partition coefficient (Wildman–Crippen LogP) is 1.04. The number of ether oxygens (including phenoxy) is 1. The molecule has 0 aliphatic carbocycles. The van der Waals surface area contributed by atoms with E-state index in [2.05, 4.69) is 17.3 Å². The van der Waals surface area contributed by atoms with Crippen molar-refractivity contribution in [3.05, 3.63) is 12.3 Å². The standard InChI is InChI=1S/C15H22Cl3N3O5/c1-8(2)11(22)12(23)19-9(3)13(24)21-6-4-5-10(20-21)14(25)26-7-15(16,17)18/h8,10-11,20,22H,3-7H2,1-2H3,(H,19,23)/t10-,11-/m0/s1. The van der Waals surface area contributed by atoms with Gasteiger partial charge in [0.25, 0.3) is 11.8 Å². The molecule has 0 aromatic carbocycles. The van der Waals surface area contributed by atoms with Crippen LogP contribution in [0.4, 0.5) is 0 Å². The molecule has 8 nitrogen and oxygen atoms in total. The number of hydrazine groups is 1. The van der Waals surface area contributed by atoms with Crippen molar-refractivity contribution in [1.82, 2.24) is 15.8 Å². The van der Waals surface area contributed by atoms with Crippen LogP contribution in [0.3, 0.4) is 0 Å². The molecule has 0 saturated carbocycles. The monoisotopic (exact) mass is 429 g/mol. The Morgan fingerprint density at radius 2 is 2.00 bits per heavy atom. The number of alkyl halides is 3. The number of halogens is 3. The highest BCUT2D eigenvalue weighted by Gasteiger charge is 2.32. The summed E-state index contributed by atoms with van der Waals surface area (Å²) in [7, 11) is 0. The molecule has 26 heavy (non-hydrogen) atoms. The van der Waals surface area contributed by atoms with Gasteiger partial charge >= 0.3 is 5.97 Å². The molecule has 1 fully saturated rings. The zero-order valence-electron chi connectivity index (χ0n) is 14.4. The van der Waals surface area contributed by atoms with Crippen molar-refractivity contribution in [2.75, 3.05) is 13.2 Å². The fraction of sp³-hybridized carbons (Fsp3) is 0.667. The SMILES string of the molecule is C=C(NC(=O)[C@@H](O)C(C)C)C(=O)N1CCC[C@@H](C(=O)OCC(Cl)(Cl)Cl)N1. The van der Waals surface area contributed by atoms with Gasteiger partial charge < -0.3 is 15.2 Å². The van der Waals surface area contributed by atoms with Crippen molar-refractivity contribution in [3.63, 3.8) is 0 Å². The molecule has 1 saturated heterocycles. The molecule has 0 aromatic heterocycles. The Bertz CT molecular complexity index is 565. The Labute approximate surface area is 166 Å². The minimum Gasteiger partial charge on any atom is -0.460 e. The van der Waals surface area contributed by atoms with Crippen LogP contribution in [0, 0.1) is 5.92 Å². The van der Waals surface area contributed by atoms with Crippen LogP contribution in [-0.2, 0) is 19.1 Å². The second kappa shape index (κ2) is 9.75. The van der Waals surface area contributed by atoms with Crippen molar-refractivity contribution in [3.8, 4) is 0 Å². The van der Waals surface area contributed by atoms with Gasteiger partial charge in [0.05, 0.1) is 0 Å². The minimum atomic E-state index is -1.73. The molecule has 0 aromatic rings. The van der Waals surface area contributed by atoms with Gasteiger partial charge in [0.15, 0.2) is 0 Å². The number of amides is 2. The third kappa shape index (κ3) is 7.28. The number of esters is 1. The quantitative estimate of drug-likeness (QED) is 0.330. The molecule has 1 aliphatic rings. The highest BCUT2D eigenvalue weighted by Crippen LogP contribution is 2.26. The lowest BCUT2D eigenvalue weighted by molar-refractivity contribution is -0.151. The first-order valence-corrected chi connectivity index (χ1v) is 9.05. The smallest absolute Gasteiger partial charge is 0.325 e. The maximum Gasteiger partial charge on any atom is 0.325 e. The van der Waals surface area contributed by atoms with Gasteiger partial charge in [-0.05, 0) is 18.8 Å². The fourth-order valence-corrected chi connectivity index (χ4v) is 2.26.